The highest BCUT2D eigenvalue weighted by Gasteiger charge is 2.39. The summed E-state index contributed by atoms with van der Waals surface area (Å²) in [5.41, 5.74) is 3.63. The number of carbonyl (C=O) groups excluding carboxylic acids is 2. The zero-order valence-corrected chi connectivity index (χ0v) is 26.7. The lowest BCUT2D eigenvalue weighted by Crippen LogP contribution is -2.46. The molecule has 0 radical (unpaired) electrons. The van der Waals surface area contributed by atoms with Gasteiger partial charge in [0.25, 0.3) is 11.8 Å². The summed E-state index contributed by atoms with van der Waals surface area (Å²) in [6.07, 6.45) is 4.04. The van der Waals surface area contributed by atoms with Crippen molar-refractivity contribution in [3.63, 3.8) is 0 Å². The molecule has 4 aromatic rings. The molecule has 228 valence electrons. The lowest BCUT2D eigenvalue weighted by Gasteiger charge is -2.41. The Morgan fingerprint density at radius 3 is 2.43 bits per heavy atom. The number of carbonyl (C=O) groups is 2. The fourth-order valence-electron chi connectivity index (χ4n) is 6.11. The third-order valence-electron chi connectivity index (χ3n) is 8.44. The van der Waals surface area contributed by atoms with Crippen LogP contribution in [0.4, 0.5) is 15.8 Å². The van der Waals surface area contributed by atoms with Gasteiger partial charge in [0, 0.05) is 41.5 Å². The van der Waals surface area contributed by atoms with Gasteiger partial charge in [-0.25, -0.2) is 9.07 Å². The van der Waals surface area contributed by atoms with Gasteiger partial charge in [-0.15, -0.1) is 5.10 Å². The highest BCUT2D eigenvalue weighted by atomic mass is 79.9. The molecule has 0 saturated carbocycles. The molecule has 1 unspecified atom stereocenters. The van der Waals surface area contributed by atoms with Crippen LogP contribution in [-0.4, -0.2) is 76.4 Å². The van der Waals surface area contributed by atoms with Gasteiger partial charge in [0.2, 0.25) is 0 Å². The van der Waals surface area contributed by atoms with E-state index in [1.165, 1.54) is 27.9 Å². The third-order valence-corrected chi connectivity index (χ3v) is 9.26. The number of hydrogen-bond donors (Lipinski definition) is 1. The zero-order valence-electron chi connectivity index (χ0n) is 24.4. The van der Waals surface area contributed by atoms with Crippen molar-refractivity contribution >= 4 is 50.7 Å². The maximum atomic E-state index is 14.7. The largest absolute Gasteiger partial charge is 0.371 e. The van der Waals surface area contributed by atoms with E-state index in [0.29, 0.717) is 24.7 Å². The average molecular weight is 681 g/mol. The molecule has 1 N–H and O–H groups in total. The van der Waals surface area contributed by atoms with E-state index in [-0.39, 0.29) is 22.3 Å². The van der Waals surface area contributed by atoms with Crippen LogP contribution in [-0.2, 0) is 11.2 Å². The summed E-state index contributed by atoms with van der Waals surface area (Å²) in [6.45, 7) is 2.13. The van der Waals surface area contributed by atoms with Gasteiger partial charge >= 0.3 is 0 Å². The molecule has 0 aliphatic carbocycles. The van der Waals surface area contributed by atoms with E-state index in [1.54, 1.807) is 18.2 Å². The number of halogens is 3. The monoisotopic (exact) mass is 679 g/mol. The molecule has 2 aliphatic heterocycles. The van der Waals surface area contributed by atoms with Gasteiger partial charge in [-0.1, -0.05) is 50.9 Å². The van der Waals surface area contributed by atoms with Gasteiger partial charge in [0.05, 0.1) is 11.2 Å². The minimum Gasteiger partial charge on any atom is -0.371 e. The molecule has 12 heteroatoms. The molecular formula is C32H32BrClFN7O2. The lowest BCUT2D eigenvalue weighted by molar-refractivity contribution is -0.121. The van der Waals surface area contributed by atoms with Crippen molar-refractivity contribution in [2.75, 3.05) is 43.9 Å². The molecule has 44 heavy (non-hydrogen) atoms. The zero-order chi connectivity index (χ0) is 31.0. The van der Waals surface area contributed by atoms with Crippen molar-refractivity contribution in [2.24, 2.45) is 0 Å². The lowest BCUT2D eigenvalue weighted by atomic mass is 9.89. The topological polar surface area (TPSA) is 86.6 Å². The third kappa shape index (κ3) is 5.96. The predicted molar refractivity (Wildman–Crippen MR) is 172 cm³/mol. The second-order valence-corrected chi connectivity index (χ2v) is 12.6. The number of nitrogens with zero attached hydrogens (tertiary/aromatic N) is 6. The second kappa shape index (κ2) is 12.7. The molecule has 1 fully saturated rings. The fourth-order valence-corrected chi connectivity index (χ4v) is 6.54. The number of rotatable bonds is 6. The van der Waals surface area contributed by atoms with Gasteiger partial charge in [0.15, 0.2) is 11.5 Å². The maximum Gasteiger partial charge on any atom is 0.277 e. The van der Waals surface area contributed by atoms with Gasteiger partial charge in [-0.3, -0.25) is 9.59 Å². The van der Waals surface area contributed by atoms with Crippen molar-refractivity contribution in [1.29, 1.82) is 0 Å². The first-order valence-corrected chi connectivity index (χ1v) is 15.7. The van der Waals surface area contributed by atoms with E-state index >= 15 is 0 Å². The van der Waals surface area contributed by atoms with E-state index in [2.05, 4.69) is 61.5 Å². The first-order valence-electron chi connectivity index (χ1n) is 14.5. The maximum absolute atomic E-state index is 14.7. The minimum atomic E-state index is -0.915. The predicted octanol–water partition coefficient (Wildman–Crippen LogP) is 5.73. The van der Waals surface area contributed by atoms with E-state index in [1.807, 2.05) is 24.3 Å². The van der Waals surface area contributed by atoms with Gasteiger partial charge in [-0.2, -0.15) is 0 Å². The molecule has 2 aliphatic rings. The Kier molecular flexibility index (Phi) is 8.70. The smallest absolute Gasteiger partial charge is 0.277 e. The van der Waals surface area contributed by atoms with E-state index in [4.69, 9.17) is 11.6 Å². The van der Waals surface area contributed by atoms with Crippen LogP contribution in [0.25, 0.3) is 5.69 Å². The van der Waals surface area contributed by atoms with Crippen LogP contribution in [0.3, 0.4) is 0 Å². The van der Waals surface area contributed by atoms with Crippen molar-refractivity contribution in [3.8, 4) is 5.69 Å². The van der Waals surface area contributed by atoms with Gasteiger partial charge < -0.3 is 20.0 Å². The summed E-state index contributed by atoms with van der Waals surface area (Å²) < 4.78 is 16.8. The van der Waals surface area contributed by atoms with Crippen molar-refractivity contribution < 1.29 is 14.0 Å². The highest BCUT2D eigenvalue weighted by molar-refractivity contribution is 9.10. The average Bonchev–Trinajstić information content (AvgIpc) is 3.52. The van der Waals surface area contributed by atoms with Crippen LogP contribution < -0.4 is 10.2 Å². The van der Waals surface area contributed by atoms with Crippen LogP contribution in [0.5, 0.6) is 0 Å². The molecule has 2 amide bonds. The van der Waals surface area contributed by atoms with Crippen LogP contribution in [0, 0.1) is 5.82 Å². The number of aromatic nitrogens is 3. The Morgan fingerprint density at radius 2 is 1.70 bits per heavy atom. The fraction of sp³-hybridized carbons (Fsp3) is 0.312. The summed E-state index contributed by atoms with van der Waals surface area (Å²) in [7, 11) is 4.24. The Balaban J connectivity index is 1.34. The number of nitrogens with one attached hydrogen (secondary N) is 1. The Bertz CT molecular complexity index is 1690. The molecule has 0 bridgehead atoms. The number of piperidine rings is 1. The summed E-state index contributed by atoms with van der Waals surface area (Å²) in [4.78, 5) is 34.2. The molecule has 6 rings (SSSR count). The highest BCUT2D eigenvalue weighted by Crippen LogP contribution is 2.38. The van der Waals surface area contributed by atoms with Crippen molar-refractivity contribution in [2.45, 2.75) is 31.3 Å². The normalized spacial score (nSPS) is 17.1. The molecule has 1 saturated heterocycles. The van der Waals surface area contributed by atoms with E-state index in [9.17, 15) is 14.0 Å². The van der Waals surface area contributed by atoms with Crippen LogP contribution in [0.2, 0.25) is 5.02 Å². The molecule has 9 nitrogen and oxygen atoms in total. The summed E-state index contributed by atoms with van der Waals surface area (Å²) in [5.74, 6) is -1.48. The van der Waals surface area contributed by atoms with Crippen molar-refractivity contribution in [3.05, 3.63) is 99.0 Å². The molecule has 1 atom stereocenters. The van der Waals surface area contributed by atoms with Crippen LogP contribution in [0.15, 0.2) is 71.3 Å². The number of benzene rings is 3. The standard InChI is InChI=1S/C32H32BrClFN7O2/c1-39(2)22-13-16-40(17-14-22)27-7-3-5-24-23(27)15-18-41(30(24)31(43)36-21-11-9-20(33)10-12-21)32(44)26-19-42(38-37-26)28-8-4-6-25(34)29(28)35/h3-12,19,22,30H,13-18H2,1-2H3,(H,36,43). The van der Waals surface area contributed by atoms with Gasteiger partial charge in [0.1, 0.15) is 11.7 Å². The number of anilines is 2. The molecule has 1 aromatic heterocycles. The first-order chi connectivity index (χ1) is 21.2. The SMILES string of the molecule is CN(C)C1CCN(c2cccc3c2CCN(C(=O)c2cn(-c4cccc(Cl)c4F)nn2)C3C(=O)Nc2ccc(Br)cc2)CC1. The molecule has 3 heterocycles. The Morgan fingerprint density at radius 1 is 1.00 bits per heavy atom. The minimum absolute atomic E-state index is 0.00354. The Labute approximate surface area is 268 Å². The molecule has 0 spiro atoms. The number of hydrogen-bond acceptors (Lipinski definition) is 6. The van der Waals surface area contributed by atoms with E-state index < -0.39 is 17.8 Å². The van der Waals surface area contributed by atoms with E-state index in [0.717, 1.165) is 47.2 Å². The summed E-state index contributed by atoms with van der Waals surface area (Å²) >= 11 is 9.39. The summed E-state index contributed by atoms with van der Waals surface area (Å²) in [6, 6.07) is 17.4. The van der Waals surface area contributed by atoms with Crippen LogP contribution >= 0.6 is 27.5 Å². The van der Waals surface area contributed by atoms with Gasteiger partial charge in [-0.05, 0) is 86.9 Å². The van der Waals surface area contributed by atoms with Crippen LogP contribution in [0.1, 0.15) is 40.5 Å². The number of amides is 2. The molecule has 3 aromatic carbocycles. The summed E-state index contributed by atoms with van der Waals surface area (Å²) in [5, 5.41) is 11.0. The van der Waals surface area contributed by atoms with Crippen molar-refractivity contribution in [1.82, 2.24) is 24.8 Å². The quantitative estimate of drug-likeness (QED) is 0.280. The Hall–Kier alpha value is -3.80. The first kappa shape index (κ1) is 30.2. The molecular weight excluding hydrogens is 649 g/mol. The second-order valence-electron chi connectivity index (χ2n) is 11.3. The number of fused-ring (bicyclic) bond motifs is 1.